The van der Waals surface area contributed by atoms with E-state index in [2.05, 4.69) is 43.5 Å². The lowest BCUT2D eigenvalue weighted by atomic mass is 10.2. The molecule has 0 aliphatic rings. The molecule has 0 aliphatic heterocycles. The number of anilines is 1. The maximum absolute atomic E-state index is 12.7. The molecule has 4 aromatic rings. The molecule has 1 amide bonds. The molecule has 0 atom stereocenters. The number of hydrogen-bond acceptors (Lipinski definition) is 5. The zero-order valence-corrected chi connectivity index (χ0v) is 20.3. The number of nitrogens with zero attached hydrogens (tertiary/aromatic N) is 1. The number of para-hydroxylation sites is 1. The molecule has 2 N–H and O–H groups in total. The maximum Gasteiger partial charge on any atom is 0.261 e. The Morgan fingerprint density at radius 3 is 2.61 bits per heavy atom. The molecule has 0 aliphatic carbocycles. The van der Waals surface area contributed by atoms with Gasteiger partial charge >= 0.3 is 0 Å². The van der Waals surface area contributed by atoms with Crippen molar-refractivity contribution in [2.75, 3.05) is 11.9 Å². The van der Waals surface area contributed by atoms with E-state index in [1.165, 1.54) is 10.3 Å². The Balaban J connectivity index is 1.40. The van der Waals surface area contributed by atoms with Gasteiger partial charge in [-0.1, -0.05) is 32.0 Å². The van der Waals surface area contributed by atoms with E-state index in [-0.39, 0.29) is 11.0 Å². The summed E-state index contributed by atoms with van der Waals surface area (Å²) in [6, 6.07) is 21.3. The van der Waals surface area contributed by atoms with Gasteiger partial charge in [-0.15, -0.1) is 11.3 Å². The number of benzene rings is 3. The average Bonchev–Trinajstić information content (AvgIpc) is 3.21. The minimum Gasteiger partial charge on any atom is -0.492 e. The molecule has 168 valence electrons. The Bertz CT molecular complexity index is 1300. The first-order valence-electron chi connectivity index (χ1n) is 10.7. The van der Waals surface area contributed by atoms with Gasteiger partial charge in [0.15, 0.2) is 5.11 Å². The summed E-state index contributed by atoms with van der Waals surface area (Å²) in [4.78, 5) is 17.5. The fourth-order valence-electron chi connectivity index (χ4n) is 3.22. The van der Waals surface area contributed by atoms with Crippen LogP contribution >= 0.6 is 23.6 Å². The maximum atomic E-state index is 12.7. The van der Waals surface area contributed by atoms with E-state index in [1.54, 1.807) is 29.5 Å². The molecule has 4 rings (SSSR count). The van der Waals surface area contributed by atoms with Crippen LogP contribution in [-0.2, 0) is 0 Å². The molecule has 0 spiro atoms. The molecule has 5 nitrogen and oxygen atoms in total. The van der Waals surface area contributed by atoms with E-state index < -0.39 is 0 Å². The molecule has 1 aromatic heterocycles. The number of nitrogens with one attached hydrogen (secondary N) is 2. The van der Waals surface area contributed by atoms with Gasteiger partial charge < -0.3 is 10.1 Å². The van der Waals surface area contributed by atoms with Crippen molar-refractivity contribution in [1.82, 2.24) is 10.3 Å². The first kappa shape index (κ1) is 22.9. The quantitative estimate of drug-likeness (QED) is 0.315. The van der Waals surface area contributed by atoms with E-state index in [0.29, 0.717) is 23.8 Å². The molecule has 0 saturated heterocycles. The van der Waals surface area contributed by atoms with Crippen molar-refractivity contribution in [2.45, 2.75) is 20.8 Å². The second-order valence-electron chi connectivity index (χ2n) is 8.18. The summed E-state index contributed by atoms with van der Waals surface area (Å²) in [5.41, 5.74) is 4.49. The van der Waals surface area contributed by atoms with Gasteiger partial charge in [-0.05, 0) is 79.2 Å². The predicted octanol–water partition coefficient (Wildman–Crippen LogP) is 6.43. The molecule has 1 heterocycles. The first-order valence-corrected chi connectivity index (χ1v) is 11.9. The van der Waals surface area contributed by atoms with Gasteiger partial charge in [0, 0.05) is 11.3 Å². The standard InChI is InChI=1S/C26H25N3O2S2/c1-16(2)15-31-22-7-5-4-6-20(22)24(30)29-26(32)27-19-11-9-18(10-12-19)25-28-21-13-8-17(3)14-23(21)33-25/h4-14,16H,15H2,1-3H3,(H2,27,29,30,32). The average molecular weight is 476 g/mol. The highest BCUT2D eigenvalue weighted by molar-refractivity contribution is 7.80. The first-order chi connectivity index (χ1) is 15.9. The van der Waals surface area contributed by atoms with Crippen LogP contribution in [0.4, 0.5) is 5.69 Å². The Hall–Kier alpha value is -3.29. The molecule has 3 aromatic carbocycles. The van der Waals surface area contributed by atoms with Crippen molar-refractivity contribution < 1.29 is 9.53 Å². The monoisotopic (exact) mass is 475 g/mol. The van der Waals surface area contributed by atoms with Gasteiger partial charge in [0.25, 0.3) is 5.91 Å². The molecule has 0 fully saturated rings. The normalized spacial score (nSPS) is 10.9. The second kappa shape index (κ2) is 10.1. The number of aryl methyl sites for hydroxylation is 1. The number of amides is 1. The van der Waals surface area contributed by atoms with Crippen LogP contribution < -0.4 is 15.4 Å². The molecule has 33 heavy (non-hydrogen) atoms. The minimum absolute atomic E-state index is 0.224. The number of carbonyl (C=O) groups is 1. The third kappa shape index (κ3) is 5.74. The number of thiocarbonyl (C=S) groups is 1. The molecule has 0 radical (unpaired) electrons. The zero-order chi connectivity index (χ0) is 23.4. The lowest BCUT2D eigenvalue weighted by Gasteiger charge is -2.14. The van der Waals surface area contributed by atoms with Gasteiger partial charge in [-0.3, -0.25) is 10.1 Å². The lowest BCUT2D eigenvalue weighted by Crippen LogP contribution is -2.34. The number of carbonyl (C=O) groups excluding carboxylic acids is 1. The van der Waals surface area contributed by atoms with Gasteiger partial charge in [0.1, 0.15) is 10.8 Å². The van der Waals surface area contributed by atoms with Crippen molar-refractivity contribution in [3.8, 4) is 16.3 Å². The second-order valence-corrected chi connectivity index (χ2v) is 9.62. The van der Waals surface area contributed by atoms with Crippen LogP contribution in [0.5, 0.6) is 5.75 Å². The largest absolute Gasteiger partial charge is 0.492 e. The van der Waals surface area contributed by atoms with Crippen molar-refractivity contribution >= 4 is 50.5 Å². The Labute approximate surface area is 202 Å². The van der Waals surface area contributed by atoms with Crippen molar-refractivity contribution in [3.63, 3.8) is 0 Å². The van der Waals surface area contributed by atoms with Crippen molar-refractivity contribution in [1.29, 1.82) is 0 Å². The Morgan fingerprint density at radius 1 is 1.09 bits per heavy atom. The van der Waals surface area contributed by atoms with Gasteiger partial charge in [-0.25, -0.2) is 4.98 Å². The summed E-state index contributed by atoms with van der Waals surface area (Å²) in [6.45, 7) is 6.74. The highest BCUT2D eigenvalue weighted by atomic mass is 32.1. The van der Waals surface area contributed by atoms with Crippen LogP contribution in [0, 0.1) is 12.8 Å². The summed E-state index contributed by atoms with van der Waals surface area (Å²) in [7, 11) is 0. The minimum atomic E-state index is -0.312. The highest BCUT2D eigenvalue weighted by Crippen LogP contribution is 2.31. The van der Waals surface area contributed by atoms with E-state index in [0.717, 1.165) is 21.8 Å². The fourth-order valence-corrected chi connectivity index (χ4v) is 4.50. The summed E-state index contributed by atoms with van der Waals surface area (Å²) in [5.74, 6) is 0.592. The van der Waals surface area contributed by atoms with Gasteiger partial charge in [0.05, 0.1) is 22.4 Å². The van der Waals surface area contributed by atoms with Crippen LogP contribution in [0.25, 0.3) is 20.8 Å². The summed E-state index contributed by atoms with van der Waals surface area (Å²) < 4.78 is 6.95. The van der Waals surface area contributed by atoms with Crippen molar-refractivity contribution in [3.05, 3.63) is 77.9 Å². The van der Waals surface area contributed by atoms with Crippen LogP contribution in [0.3, 0.4) is 0 Å². The topological polar surface area (TPSA) is 63.2 Å². The molecular formula is C26H25N3O2S2. The van der Waals surface area contributed by atoms with Crippen LogP contribution in [0.2, 0.25) is 0 Å². The highest BCUT2D eigenvalue weighted by Gasteiger charge is 2.14. The van der Waals surface area contributed by atoms with E-state index >= 15 is 0 Å². The molecule has 0 bridgehead atoms. The predicted molar refractivity (Wildman–Crippen MR) is 140 cm³/mol. The number of thiazole rings is 1. The van der Waals surface area contributed by atoms with Crippen LogP contribution in [0.1, 0.15) is 29.8 Å². The van der Waals surface area contributed by atoms with E-state index in [4.69, 9.17) is 21.9 Å². The zero-order valence-electron chi connectivity index (χ0n) is 18.7. The Morgan fingerprint density at radius 2 is 1.85 bits per heavy atom. The number of fused-ring (bicyclic) bond motifs is 1. The summed E-state index contributed by atoms with van der Waals surface area (Å²) in [6.07, 6.45) is 0. The lowest BCUT2D eigenvalue weighted by molar-refractivity contribution is 0.0973. The number of rotatable bonds is 6. The number of hydrogen-bond donors (Lipinski definition) is 2. The van der Waals surface area contributed by atoms with Crippen LogP contribution in [-0.4, -0.2) is 22.6 Å². The SMILES string of the molecule is Cc1ccc2nc(-c3ccc(NC(=S)NC(=O)c4ccccc4OCC(C)C)cc3)sc2c1. The molecule has 0 unspecified atom stereocenters. The smallest absolute Gasteiger partial charge is 0.261 e. The number of ether oxygens (including phenoxy) is 1. The third-order valence-electron chi connectivity index (χ3n) is 4.86. The molecule has 0 saturated carbocycles. The summed E-state index contributed by atoms with van der Waals surface area (Å²) in [5, 5.41) is 6.99. The molecular weight excluding hydrogens is 450 g/mol. The fraction of sp³-hybridized carbons (Fsp3) is 0.192. The third-order valence-corrected chi connectivity index (χ3v) is 6.14. The van der Waals surface area contributed by atoms with Crippen molar-refractivity contribution in [2.24, 2.45) is 5.92 Å². The molecule has 7 heteroatoms. The van der Waals surface area contributed by atoms with Crippen LogP contribution in [0.15, 0.2) is 66.7 Å². The number of aromatic nitrogens is 1. The van der Waals surface area contributed by atoms with Gasteiger partial charge in [0.2, 0.25) is 0 Å². The van der Waals surface area contributed by atoms with E-state index in [9.17, 15) is 4.79 Å². The Kier molecular flexibility index (Phi) is 7.01. The van der Waals surface area contributed by atoms with E-state index in [1.807, 2.05) is 36.4 Å². The van der Waals surface area contributed by atoms with Gasteiger partial charge in [-0.2, -0.15) is 0 Å². The summed E-state index contributed by atoms with van der Waals surface area (Å²) >= 11 is 7.02.